The molecule has 23 heavy (non-hydrogen) atoms. The van der Waals surface area contributed by atoms with E-state index >= 15 is 0 Å². The van der Waals surface area contributed by atoms with E-state index in [1.54, 1.807) is 0 Å². The van der Waals surface area contributed by atoms with Crippen molar-refractivity contribution in [3.05, 3.63) is 64.1 Å². The second kappa shape index (κ2) is 6.54. The minimum Gasteiger partial charge on any atom is -0.349 e. The van der Waals surface area contributed by atoms with E-state index in [4.69, 9.17) is 0 Å². The van der Waals surface area contributed by atoms with Crippen molar-refractivity contribution < 1.29 is 9.59 Å². The smallest absolute Gasteiger partial charge is 0.228 e. The van der Waals surface area contributed by atoms with Gasteiger partial charge in [-0.15, -0.1) is 0 Å². The zero-order chi connectivity index (χ0) is 16.4. The second-order valence-electron chi connectivity index (χ2n) is 5.68. The molecule has 2 unspecified atom stereocenters. The number of carbonyl (C=O) groups excluding carboxylic acids is 2. The van der Waals surface area contributed by atoms with Crippen LogP contribution in [0.1, 0.15) is 36.4 Å². The normalized spacial score (nSPS) is 17.8. The molecular weight excluding hydrogens is 356 g/mol. The minimum atomic E-state index is -0.449. The van der Waals surface area contributed by atoms with Gasteiger partial charge in [0.1, 0.15) is 0 Å². The molecule has 2 aromatic rings. The van der Waals surface area contributed by atoms with Crippen LogP contribution in [0.25, 0.3) is 0 Å². The topological polar surface area (TPSA) is 58.2 Å². The zero-order valence-electron chi connectivity index (χ0n) is 12.7. The molecule has 2 atom stereocenters. The Morgan fingerprint density at radius 3 is 2.83 bits per heavy atom. The molecule has 0 spiro atoms. The van der Waals surface area contributed by atoms with E-state index in [2.05, 4.69) is 26.6 Å². The lowest BCUT2D eigenvalue weighted by Crippen LogP contribution is -2.36. The number of hydrogen-bond acceptors (Lipinski definition) is 2. The Hall–Kier alpha value is -2.14. The number of fused-ring (bicyclic) bond motifs is 1. The third kappa shape index (κ3) is 3.45. The molecule has 1 heterocycles. The summed E-state index contributed by atoms with van der Waals surface area (Å²) in [5, 5.41) is 5.83. The number of halogens is 1. The van der Waals surface area contributed by atoms with Crippen LogP contribution in [0.5, 0.6) is 0 Å². The van der Waals surface area contributed by atoms with Crippen LogP contribution in [0, 0.1) is 0 Å². The largest absolute Gasteiger partial charge is 0.349 e. The molecule has 3 rings (SSSR count). The number of amides is 2. The minimum absolute atomic E-state index is 0.125. The molecule has 0 radical (unpaired) electrons. The quantitative estimate of drug-likeness (QED) is 0.861. The Kier molecular flexibility index (Phi) is 4.48. The molecule has 0 saturated carbocycles. The van der Waals surface area contributed by atoms with Crippen molar-refractivity contribution >= 4 is 33.4 Å². The third-order valence-corrected chi connectivity index (χ3v) is 4.52. The van der Waals surface area contributed by atoms with Gasteiger partial charge in [-0.25, -0.2) is 0 Å². The zero-order valence-corrected chi connectivity index (χ0v) is 14.3. The number of nitrogens with one attached hydrogen (secondary N) is 2. The van der Waals surface area contributed by atoms with Crippen LogP contribution < -0.4 is 10.6 Å². The fourth-order valence-electron chi connectivity index (χ4n) is 2.82. The molecule has 2 amide bonds. The van der Waals surface area contributed by atoms with E-state index in [-0.39, 0.29) is 24.3 Å². The van der Waals surface area contributed by atoms with E-state index < -0.39 is 5.92 Å². The highest BCUT2D eigenvalue weighted by molar-refractivity contribution is 9.10. The second-order valence-corrected chi connectivity index (χ2v) is 6.59. The van der Waals surface area contributed by atoms with E-state index in [1.807, 2.05) is 55.5 Å². The summed E-state index contributed by atoms with van der Waals surface area (Å²) in [5.74, 6) is -0.701. The first-order valence-electron chi connectivity index (χ1n) is 7.49. The summed E-state index contributed by atoms with van der Waals surface area (Å²) in [5.41, 5.74) is 2.60. The maximum Gasteiger partial charge on any atom is 0.228 e. The molecule has 0 aromatic heterocycles. The van der Waals surface area contributed by atoms with Gasteiger partial charge < -0.3 is 10.6 Å². The van der Waals surface area contributed by atoms with Crippen molar-refractivity contribution in [1.29, 1.82) is 0 Å². The standard InChI is InChI=1S/C18H17BrN2O2/c1-11(12-5-4-6-13(19)9-12)20-18(23)15-10-17(22)21-16-8-3-2-7-14(15)16/h2-9,11,15H,10H2,1H3,(H,20,23)(H,21,22). The Labute approximate surface area is 143 Å². The summed E-state index contributed by atoms with van der Waals surface area (Å²) in [6, 6.07) is 15.2. The molecule has 0 saturated heterocycles. The van der Waals surface area contributed by atoms with E-state index in [0.717, 1.165) is 21.3 Å². The van der Waals surface area contributed by atoms with Gasteiger partial charge in [-0.05, 0) is 36.2 Å². The molecule has 1 aliphatic heterocycles. The van der Waals surface area contributed by atoms with Crippen LogP contribution in [-0.4, -0.2) is 11.8 Å². The molecule has 0 bridgehead atoms. The molecule has 2 aromatic carbocycles. The summed E-state index contributed by atoms with van der Waals surface area (Å²) in [7, 11) is 0. The van der Waals surface area contributed by atoms with Crippen LogP contribution in [0.3, 0.4) is 0 Å². The van der Waals surface area contributed by atoms with Gasteiger partial charge in [0, 0.05) is 16.6 Å². The molecule has 118 valence electrons. The Bertz CT molecular complexity index is 760. The molecule has 4 nitrogen and oxygen atoms in total. The fourth-order valence-corrected chi connectivity index (χ4v) is 3.24. The van der Waals surface area contributed by atoms with Gasteiger partial charge in [0.05, 0.1) is 12.0 Å². The third-order valence-electron chi connectivity index (χ3n) is 4.02. The first-order chi connectivity index (χ1) is 11.0. The number of carbonyl (C=O) groups is 2. The predicted octanol–water partition coefficient (Wildman–Crippen LogP) is 3.75. The average molecular weight is 373 g/mol. The lowest BCUT2D eigenvalue weighted by atomic mass is 9.89. The van der Waals surface area contributed by atoms with Gasteiger partial charge in [-0.1, -0.05) is 46.3 Å². The molecule has 2 N–H and O–H groups in total. The number of anilines is 1. The highest BCUT2D eigenvalue weighted by atomic mass is 79.9. The predicted molar refractivity (Wildman–Crippen MR) is 93.1 cm³/mol. The first-order valence-corrected chi connectivity index (χ1v) is 8.28. The monoisotopic (exact) mass is 372 g/mol. The maximum atomic E-state index is 12.7. The van der Waals surface area contributed by atoms with Crippen LogP contribution in [0.2, 0.25) is 0 Å². The summed E-state index contributed by atoms with van der Waals surface area (Å²) in [4.78, 5) is 24.5. The van der Waals surface area contributed by atoms with Crippen LogP contribution in [0.4, 0.5) is 5.69 Å². The van der Waals surface area contributed by atoms with Gasteiger partial charge in [0.15, 0.2) is 0 Å². The molecule has 5 heteroatoms. The lowest BCUT2D eigenvalue weighted by molar-refractivity contribution is -0.126. The van der Waals surface area contributed by atoms with Gasteiger partial charge in [-0.2, -0.15) is 0 Å². The first kappa shape index (κ1) is 15.7. The highest BCUT2D eigenvalue weighted by Gasteiger charge is 2.31. The summed E-state index contributed by atoms with van der Waals surface area (Å²) in [6.07, 6.45) is 0.175. The van der Waals surface area contributed by atoms with E-state index in [1.165, 1.54) is 0 Å². The fraction of sp³-hybridized carbons (Fsp3) is 0.222. The van der Waals surface area contributed by atoms with Gasteiger partial charge in [0.2, 0.25) is 11.8 Å². The van der Waals surface area contributed by atoms with Crippen LogP contribution >= 0.6 is 15.9 Å². The van der Waals surface area contributed by atoms with Crippen molar-refractivity contribution in [1.82, 2.24) is 5.32 Å². The highest BCUT2D eigenvalue weighted by Crippen LogP contribution is 2.32. The summed E-state index contributed by atoms with van der Waals surface area (Å²) < 4.78 is 0.971. The van der Waals surface area contributed by atoms with Crippen molar-refractivity contribution in [3.8, 4) is 0 Å². The molecule has 1 aliphatic rings. The number of rotatable bonds is 3. The Morgan fingerprint density at radius 2 is 2.04 bits per heavy atom. The molecule has 0 aliphatic carbocycles. The number of hydrogen-bond donors (Lipinski definition) is 2. The van der Waals surface area contributed by atoms with Crippen molar-refractivity contribution in [2.75, 3.05) is 5.32 Å². The average Bonchev–Trinajstić information content (AvgIpc) is 2.53. The van der Waals surface area contributed by atoms with E-state index in [9.17, 15) is 9.59 Å². The van der Waals surface area contributed by atoms with Crippen molar-refractivity contribution in [2.45, 2.75) is 25.3 Å². The van der Waals surface area contributed by atoms with Gasteiger partial charge in [0.25, 0.3) is 0 Å². The number of para-hydroxylation sites is 1. The summed E-state index contributed by atoms with van der Waals surface area (Å²) in [6.45, 7) is 1.94. The Balaban J connectivity index is 1.79. The van der Waals surface area contributed by atoms with Crippen molar-refractivity contribution in [2.24, 2.45) is 0 Å². The Morgan fingerprint density at radius 1 is 1.26 bits per heavy atom. The van der Waals surface area contributed by atoms with Gasteiger partial charge >= 0.3 is 0 Å². The van der Waals surface area contributed by atoms with E-state index in [0.29, 0.717) is 0 Å². The number of benzene rings is 2. The molecular formula is C18H17BrN2O2. The van der Waals surface area contributed by atoms with Crippen molar-refractivity contribution in [3.63, 3.8) is 0 Å². The van der Waals surface area contributed by atoms with Gasteiger partial charge in [-0.3, -0.25) is 9.59 Å². The SMILES string of the molecule is CC(NC(=O)C1CC(=O)Nc2ccccc21)c1cccc(Br)c1. The molecule has 0 fully saturated rings. The van der Waals surface area contributed by atoms with Crippen LogP contribution in [-0.2, 0) is 9.59 Å². The maximum absolute atomic E-state index is 12.7. The lowest BCUT2D eigenvalue weighted by Gasteiger charge is -2.26. The van der Waals surface area contributed by atoms with Crippen LogP contribution in [0.15, 0.2) is 53.0 Å². The summed E-state index contributed by atoms with van der Waals surface area (Å²) >= 11 is 3.44.